The van der Waals surface area contributed by atoms with Gasteiger partial charge in [-0.15, -0.1) is 0 Å². The Morgan fingerprint density at radius 1 is 1.08 bits per heavy atom. The first-order chi connectivity index (χ1) is 11.7. The van der Waals surface area contributed by atoms with Crippen LogP contribution in [0.1, 0.15) is 20.8 Å². The zero-order valence-corrected chi connectivity index (χ0v) is 17.0. The van der Waals surface area contributed by atoms with Crippen LogP contribution in [0.4, 0.5) is 0 Å². The van der Waals surface area contributed by atoms with Crippen LogP contribution in [0.3, 0.4) is 0 Å². The SMILES string of the molecule is C=CCn1c(-c2cc[c]([Ge]([CH2]C)([CH2]C)[CH2]C)o2)nc2ccccc21. The van der Waals surface area contributed by atoms with Gasteiger partial charge < -0.3 is 0 Å². The third-order valence-electron chi connectivity index (χ3n) is 5.35. The minimum atomic E-state index is -2.07. The summed E-state index contributed by atoms with van der Waals surface area (Å²) < 4.78 is 9.83. The van der Waals surface area contributed by atoms with E-state index in [1.807, 2.05) is 18.2 Å². The predicted molar refractivity (Wildman–Crippen MR) is 104 cm³/mol. The molecule has 0 bridgehead atoms. The monoisotopic (exact) mass is 384 g/mol. The Kier molecular flexibility index (Phi) is 4.99. The van der Waals surface area contributed by atoms with E-state index in [1.165, 1.54) is 20.4 Å². The van der Waals surface area contributed by atoms with Gasteiger partial charge in [-0.3, -0.25) is 0 Å². The molecule has 2 aromatic heterocycles. The Morgan fingerprint density at radius 2 is 1.79 bits per heavy atom. The average molecular weight is 383 g/mol. The molecule has 3 rings (SSSR count). The fraction of sp³-hybridized carbons (Fsp3) is 0.350. The van der Waals surface area contributed by atoms with Gasteiger partial charge in [0.25, 0.3) is 0 Å². The number of para-hydroxylation sites is 2. The molecule has 2 heterocycles. The van der Waals surface area contributed by atoms with E-state index in [0.717, 1.165) is 29.2 Å². The number of hydrogen-bond donors (Lipinski definition) is 0. The number of imidazole rings is 1. The fourth-order valence-corrected chi connectivity index (χ4v) is 10.5. The molecule has 0 saturated carbocycles. The number of rotatable bonds is 7. The van der Waals surface area contributed by atoms with Crippen molar-refractivity contribution < 1.29 is 4.42 Å². The second-order valence-electron chi connectivity index (χ2n) is 6.33. The summed E-state index contributed by atoms with van der Waals surface area (Å²) in [4.78, 5) is 4.82. The van der Waals surface area contributed by atoms with Crippen molar-refractivity contribution >= 4 is 28.9 Å². The summed E-state index contributed by atoms with van der Waals surface area (Å²) in [5.74, 6) is 1.79. The number of aromatic nitrogens is 2. The van der Waals surface area contributed by atoms with Crippen molar-refractivity contribution in [3.63, 3.8) is 0 Å². The van der Waals surface area contributed by atoms with Crippen LogP contribution in [0, 0.1) is 0 Å². The standard InChI is InChI=1S/C20H26GeN2O/c1-5-15-23-17-12-10-9-11-16(17)22-20(23)18-13-14-19(24-18)21(6-2,7-3)8-4/h5,9-14H,1,6-8,15H2,2-4H3. The summed E-state index contributed by atoms with van der Waals surface area (Å²) in [6, 6.07) is 12.5. The summed E-state index contributed by atoms with van der Waals surface area (Å²) in [6.45, 7) is 11.6. The molecular weight excluding hydrogens is 357 g/mol. The number of nitrogens with zero attached hydrogens (tertiary/aromatic N) is 2. The topological polar surface area (TPSA) is 31.0 Å². The van der Waals surface area contributed by atoms with E-state index < -0.39 is 13.3 Å². The molecule has 0 N–H and O–H groups in total. The van der Waals surface area contributed by atoms with Gasteiger partial charge in [0.05, 0.1) is 0 Å². The third kappa shape index (κ3) is 2.75. The molecule has 0 unspecified atom stereocenters. The summed E-state index contributed by atoms with van der Waals surface area (Å²) in [5, 5.41) is 3.80. The molecule has 0 radical (unpaired) electrons. The summed E-state index contributed by atoms with van der Waals surface area (Å²) in [6.07, 6.45) is 1.91. The normalized spacial score (nSPS) is 12.0. The van der Waals surface area contributed by atoms with Gasteiger partial charge in [-0.1, -0.05) is 0 Å². The first kappa shape index (κ1) is 17.1. The molecule has 0 amide bonds. The Morgan fingerprint density at radius 3 is 2.46 bits per heavy atom. The maximum atomic E-state index is 6.39. The van der Waals surface area contributed by atoms with Gasteiger partial charge in [0, 0.05) is 0 Å². The Labute approximate surface area is 146 Å². The maximum absolute atomic E-state index is 6.39. The van der Waals surface area contributed by atoms with E-state index in [-0.39, 0.29) is 0 Å². The van der Waals surface area contributed by atoms with E-state index >= 15 is 0 Å². The van der Waals surface area contributed by atoms with Crippen LogP contribution in [-0.2, 0) is 6.54 Å². The summed E-state index contributed by atoms with van der Waals surface area (Å²) in [7, 11) is 0. The van der Waals surface area contributed by atoms with Gasteiger partial charge in [-0.2, -0.15) is 0 Å². The molecule has 24 heavy (non-hydrogen) atoms. The van der Waals surface area contributed by atoms with Gasteiger partial charge in [0.2, 0.25) is 0 Å². The minimum absolute atomic E-state index is 0.730. The van der Waals surface area contributed by atoms with Crippen LogP contribution in [0.2, 0.25) is 15.8 Å². The molecule has 1 aromatic carbocycles. The molecule has 0 spiro atoms. The van der Waals surface area contributed by atoms with Gasteiger partial charge in [0.15, 0.2) is 0 Å². The molecule has 0 fully saturated rings. The van der Waals surface area contributed by atoms with E-state index in [0.29, 0.717) is 0 Å². The molecule has 4 heteroatoms. The number of furan rings is 1. The van der Waals surface area contributed by atoms with Crippen LogP contribution in [-0.4, -0.2) is 22.8 Å². The van der Waals surface area contributed by atoms with Crippen molar-refractivity contribution in [1.82, 2.24) is 9.55 Å². The van der Waals surface area contributed by atoms with Crippen molar-refractivity contribution in [2.75, 3.05) is 0 Å². The summed E-state index contributed by atoms with van der Waals surface area (Å²) >= 11 is -2.07. The molecular formula is C20H26GeN2O. The van der Waals surface area contributed by atoms with Crippen molar-refractivity contribution in [2.45, 2.75) is 43.1 Å². The number of hydrogen-bond acceptors (Lipinski definition) is 2. The van der Waals surface area contributed by atoms with Gasteiger partial charge in [-0.05, 0) is 0 Å². The third-order valence-corrected chi connectivity index (χ3v) is 16.6. The fourth-order valence-electron chi connectivity index (χ4n) is 3.59. The van der Waals surface area contributed by atoms with E-state index in [1.54, 1.807) is 0 Å². The molecule has 0 atom stereocenters. The Bertz CT molecular complexity index is 834. The number of fused-ring (bicyclic) bond motifs is 1. The van der Waals surface area contributed by atoms with Crippen molar-refractivity contribution in [2.24, 2.45) is 0 Å². The van der Waals surface area contributed by atoms with E-state index in [4.69, 9.17) is 9.40 Å². The number of allylic oxidation sites excluding steroid dienone is 1. The molecule has 0 aliphatic rings. The first-order valence-electron chi connectivity index (χ1n) is 8.86. The van der Waals surface area contributed by atoms with Crippen LogP contribution in [0.15, 0.2) is 53.5 Å². The van der Waals surface area contributed by atoms with Gasteiger partial charge >= 0.3 is 147 Å². The zero-order chi connectivity index (χ0) is 17.2. The molecule has 3 aromatic rings. The van der Waals surface area contributed by atoms with Crippen molar-refractivity contribution in [3.8, 4) is 11.6 Å². The van der Waals surface area contributed by atoms with Crippen LogP contribution < -0.4 is 4.59 Å². The van der Waals surface area contributed by atoms with Gasteiger partial charge in [-0.25, -0.2) is 0 Å². The van der Waals surface area contributed by atoms with Crippen LogP contribution in [0.5, 0.6) is 0 Å². The first-order valence-corrected chi connectivity index (χ1v) is 14.4. The number of benzene rings is 1. The second-order valence-corrected chi connectivity index (χ2v) is 17.2. The molecule has 126 valence electrons. The van der Waals surface area contributed by atoms with Gasteiger partial charge in [0.1, 0.15) is 0 Å². The molecule has 0 aliphatic carbocycles. The molecule has 3 nitrogen and oxygen atoms in total. The molecule has 0 aliphatic heterocycles. The quantitative estimate of drug-likeness (QED) is 0.415. The zero-order valence-electron chi connectivity index (χ0n) is 14.9. The van der Waals surface area contributed by atoms with Crippen molar-refractivity contribution in [3.05, 3.63) is 49.1 Å². The predicted octanol–water partition coefficient (Wildman–Crippen LogP) is 5.20. The van der Waals surface area contributed by atoms with Crippen molar-refractivity contribution in [1.29, 1.82) is 0 Å². The second kappa shape index (κ2) is 7.01. The Hall–Kier alpha value is -1.75. The summed E-state index contributed by atoms with van der Waals surface area (Å²) in [5.41, 5.74) is 2.13. The Balaban J connectivity index is 2.12. The average Bonchev–Trinajstić information content (AvgIpc) is 3.23. The van der Waals surface area contributed by atoms with Crippen LogP contribution in [0.25, 0.3) is 22.6 Å². The van der Waals surface area contributed by atoms with E-state index in [9.17, 15) is 0 Å². The van der Waals surface area contributed by atoms with Crippen LogP contribution >= 0.6 is 0 Å². The molecule has 0 saturated heterocycles. The van der Waals surface area contributed by atoms with E-state index in [2.05, 4.69) is 56.2 Å².